The lowest BCUT2D eigenvalue weighted by Gasteiger charge is -2.05. The molecule has 0 aliphatic carbocycles. The smallest absolute Gasteiger partial charge is 0.271 e. The van der Waals surface area contributed by atoms with Gasteiger partial charge in [-0.05, 0) is 24.3 Å². The predicted molar refractivity (Wildman–Crippen MR) is 81.1 cm³/mol. The quantitative estimate of drug-likeness (QED) is 0.675. The minimum absolute atomic E-state index is 0.315. The molecule has 0 spiro atoms. The number of hydrazone groups is 1. The minimum Gasteiger partial charge on any atom is -0.497 e. The van der Waals surface area contributed by atoms with Crippen molar-refractivity contribution < 1.29 is 13.9 Å². The lowest BCUT2D eigenvalue weighted by atomic mass is 10.2. The average Bonchev–Trinajstić information content (AvgIpc) is 2.96. The lowest BCUT2D eigenvalue weighted by molar-refractivity contribution is 0.0955. The molecule has 1 heterocycles. The summed E-state index contributed by atoms with van der Waals surface area (Å²) in [6.45, 7) is 0. The molecule has 0 aliphatic heterocycles. The monoisotopic (exact) mass is 287 g/mol. The molecule has 0 atom stereocenters. The van der Waals surface area contributed by atoms with E-state index in [1.807, 2.05) is 25.1 Å². The molecule has 0 saturated heterocycles. The molecule has 1 N–H and O–H groups in total. The van der Waals surface area contributed by atoms with E-state index in [2.05, 4.69) is 10.5 Å². The molecule has 1 aromatic carbocycles. The molecule has 1 aromatic heterocycles. The van der Waals surface area contributed by atoms with Crippen LogP contribution in [0.1, 0.15) is 16.1 Å². The third-order valence-electron chi connectivity index (χ3n) is 2.74. The van der Waals surface area contributed by atoms with Crippen LogP contribution in [0.3, 0.4) is 0 Å². The van der Waals surface area contributed by atoms with Crippen molar-refractivity contribution in [1.29, 1.82) is 0 Å². The fourth-order valence-corrected chi connectivity index (χ4v) is 1.64. The predicted octanol–water partition coefficient (Wildman–Crippen LogP) is 2.12. The molecular formula is C15H17N3O3. The van der Waals surface area contributed by atoms with Crippen LogP contribution in [0, 0.1) is 0 Å². The number of hydrogen-bond donors (Lipinski definition) is 1. The summed E-state index contributed by atoms with van der Waals surface area (Å²) in [6, 6.07) is 10.4. The van der Waals surface area contributed by atoms with Gasteiger partial charge in [0.05, 0.1) is 13.3 Å². The Hall–Kier alpha value is -2.76. The number of carbonyl (C=O) groups is 1. The first-order chi connectivity index (χ1) is 10.1. The van der Waals surface area contributed by atoms with Crippen molar-refractivity contribution in [3.05, 3.63) is 47.7 Å². The van der Waals surface area contributed by atoms with Gasteiger partial charge in [-0.2, -0.15) is 5.10 Å². The van der Waals surface area contributed by atoms with Gasteiger partial charge in [0.25, 0.3) is 5.91 Å². The number of benzene rings is 1. The maximum absolute atomic E-state index is 11.9. The van der Waals surface area contributed by atoms with E-state index in [0.717, 1.165) is 5.88 Å². The van der Waals surface area contributed by atoms with E-state index in [9.17, 15) is 4.79 Å². The Balaban J connectivity index is 1.97. The molecule has 2 rings (SSSR count). The second-order valence-corrected chi connectivity index (χ2v) is 4.50. The summed E-state index contributed by atoms with van der Waals surface area (Å²) < 4.78 is 10.5. The number of hydrogen-bond acceptors (Lipinski definition) is 5. The van der Waals surface area contributed by atoms with Crippen LogP contribution in [0.15, 0.2) is 45.9 Å². The van der Waals surface area contributed by atoms with E-state index in [0.29, 0.717) is 17.1 Å². The van der Waals surface area contributed by atoms with Gasteiger partial charge in [-0.3, -0.25) is 4.79 Å². The molecular weight excluding hydrogens is 270 g/mol. The molecule has 0 fully saturated rings. The molecule has 21 heavy (non-hydrogen) atoms. The molecule has 0 bridgehead atoms. The number of amides is 1. The van der Waals surface area contributed by atoms with Crippen molar-refractivity contribution in [3.63, 3.8) is 0 Å². The molecule has 1 amide bonds. The highest BCUT2D eigenvalue weighted by Crippen LogP contribution is 2.14. The third kappa shape index (κ3) is 3.85. The molecule has 110 valence electrons. The van der Waals surface area contributed by atoms with Crippen LogP contribution in [0.25, 0.3) is 0 Å². The minimum atomic E-state index is -0.315. The van der Waals surface area contributed by atoms with E-state index in [4.69, 9.17) is 9.15 Å². The van der Waals surface area contributed by atoms with Gasteiger partial charge in [0.1, 0.15) is 11.5 Å². The van der Waals surface area contributed by atoms with E-state index >= 15 is 0 Å². The van der Waals surface area contributed by atoms with Crippen LogP contribution in [0.4, 0.5) is 5.88 Å². The van der Waals surface area contributed by atoms with Gasteiger partial charge in [-0.1, -0.05) is 6.07 Å². The van der Waals surface area contributed by atoms with Crippen molar-refractivity contribution in [2.75, 3.05) is 26.1 Å². The first kappa shape index (κ1) is 14.6. The van der Waals surface area contributed by atoms with Gasteiger partial charge in [-0.15, -0.1) is 0 Å². The highest BCUT2D eigenvalue weighted by molar-refractivity contribution is 5.95. The first-order valence-electron chi connectivity index (χ1n) is 6.35. The summed E-state index contributed by atoms with van der Waals surface area (Å²) in [4.78, 5) is 13.7. The van der Waals surface area contributed by atoms with Gasteiger partial charge in [-0.25, -0.2) is 5.43 Å². The van der Waals surface area contributed by atoms with Gasteiger partial charge in [0.15, 0.2) is 5.88 Å². The van der Waals surface area contributed by atoms with Crippen molar-refractivity contribution in [1.82, 2.24) is 5.43 Å². The number of methoxy groups -OCH3 is 1. The van der Waals surface area contributed by atoms with E-state index < -0.39 is 0 Å². The number of rotatable bonds is 5. The first-order valence-corrected chi connectivity index (χ1v) is 6.35. The number of anilines is 1. The van der Waals surface area contributed by atoms with Crippen molar-refractivity contribution in [3.8, 4) is 5.75 Å². The Morgan fingerprint density at radius 3 is 2.81 bits per heavy atom. The maximum Gasteiger partial charge on any atom is 0.271 e. The zero-order valence-electron chi connectivity index (χ0n) is 12.2. The molecule has 2 aromatic rings. The molecule has 0 unspecified atom stereocenters. The van der Waals surface area contributed by atoms with Crippen LogP contribution < -0.4 is 15.1 Å². The van der Waals surface area contributed by atoms with Gasteiger partial charge in [0.2, 0.25) is 0 Å². The standard InChI is InChI=1S/C15H17N3O3/c1-18(2)14-8-7-13(21-14)10-16-17-15(19)11-5-4-6-12(9-11)20-3/h4-10H,1-3H3,(H,17,19)/b16-10+. The SMILES string of the molecule is COc1cccc(C(=O)N/N=C/c2ccc(N(C)C)o2)c1. The molecule has 0 saturated carbocycles. The second kappa shape index (κ2) is 6.60. The highest BCUT2D eigenvalue weighted by atomic mass is 16.5. The Bertz CT molecular complexity index is 647. The third-order valence-corrected chi connectivity index (χ3v) is 2.74. The summed E-state index contributed by atoms with van der Waals surface area (Å²) in [5, 5.41) is 3.87. The molecule has 6 heteroatoms. The van der Waals surface area contributed by atoms with E-state index in [1.165, 1.54) is 6.21 Å². The summed E-state index contributed by atoms with van der Waals surface area (Å²) in [5.74, 6) is 1.58. The summed E-state index contributed by atoms with van der Waals surface area (Å²) in [6.07, 6.45) is 1.45. The maximum atomic E-state index is 11.9. The van der Waals surface area contributed by atoms with Gasteiger partial charge < -0.3 is 14.1 Å². The number of furan rings is 1. The Labute approximate surface area is 123 Å². The van der Waals surface area contributed by atoms with Gasteiger partial charge >= 0.3 is 0 Å². The fourth-order valence-electron chi connectivity index (χ4n) is 1.64. The van der Waals surface area contributed by atoms with E-state index in [1.54, 1.807) is 37.4 Å². The molecule has 0 aliphatic rings. The Kier molecular flexibility index (Phi) is 4.61. The number of nitrogens with one attached hydrogen (secondary N) is 1. The van der Waals surface area contributed by atoms with Crippen molar-refractivity contribution in [2.24, 2.45) is 5.10 Å². The topological polar surface area (TPSA) is 67.1 Å². The van der Waals surface area contributed by atoms with Crippen molar-refractivity contribution in [2.45, 2.75) is 0 Å². The second-order valence-electron chi connectivity index (χ2n) is 4.50. The highest BCUT2D eigenvalue weighted by Gasteiger charge is 2.05. The zero-order chi connectivity index (χ0) is 15.2. The molecule has 6 nitrogen and oxygen atoms in total. The van der Waals surface area contributed by atoms with Crippen LogP contribution in [-0.2, 0) is 0 Å². The van der Waals surface area contributed by atoms with Crippen LogP contribution >= 0.6 is 0 Å². The zero-order valence-corrected chi connectivity index (χ0v) is 12.2. The number of nitrogens with zero attached hydrogens (tertiary/aromatic N) is 2. The number of ether oxygens (including phenoxy) is 1. The average molecular weight is 287 g/mol. The van der Waals surface area contributed by atoms with E-state index in [-0.39, 0.29) is 5.91 Å². The lowest BCUT2D eigenvalue weighted by Crippen LogP contribution is -2.17. The Morgan fingerprint density at radius 1 is 1.33 bits per heavy atom. The van der Waals surface area contributed by atoms with Gasteiger partial charge in [0, 0.05) is 25.7 Å². The summed E-state index contributed by atoms with van der Waals surface area (Å²) in [5.41, 5.74) is 2.91. The summed E-state index contributed by atoms with van der Waals surface area (Å²) in [7, 11) is 5.31. The number of carbonyl (C=O) groups excluding carboxylic acids is 1. The Morgan fingerprint density at radius 2 is 2.14 bits per heavy atom. The summed E-state index contributed by atoms with van der Waals surface area (Å²) >= 11 is 0. The van der Waals surface area contributed by atoms with Crippen LogP contribution in [-0.4, -0.2) is 33.3 Å². The van der Waals surface area contributed by atoms with Crippen LogP contribution in [0.2, 0.25) is 0 Å². The largest absolute Gasteiger partial charge is 0.497 e. The fraction of sp³-hybridized carbons (Fsp3) is 0.200. The van der Waals surface area contributed by atoms with Crippen LogP contribution in [0.5, 0.6) is 5.75 Å². The molecule has 0 radical (unpaired) electrons. The van der Waals surface area contributed by atoms with Crippen molar-refractivity contribution >= 4 is 18.0 Å². The normalized spacial score (nSPS) is 10.6.